The van der Waals surface area contributed by atoms with Gasteiger partial charge in [0, 0.05) is 23.8 Å². The number of pyridine rings is 1. The maximum absolute atomic E-state index is 11.6. The number of rotatable bonds is 1. The molecule has 1 rings (SSSR count). The first-order chi connectivity index (χ1) is 6.81. The maximum Gasteiger partial charge on any atom is 0.409 e. The van der Waals surface area contributed by atoms with E-state index in [1.165, 1.54) is 6.07 Å². The number of esters is 1. The van der Waals surface area contributed by atoms with Gasteiger partial charge in [-0.05, 0) is 26.8 Å². The minimum Gasteiger partial charge on any atom is -0.452 e. The summed E-state index contributed by atoms with van der Waals surface area (Å²) in [6.07, 6.45) is 0. The predicted octanol–water partition coefficient (Wildman–Crippen LogP) is 1.48. The van der Waals surface area contributed by atoms with Gasteiger partial charge in [-0.2, -0.15) is 0 Å². The summed E-state index contributed by atoms with van der Waals surface area (Å²) < 4.78 is 5.97. The van der Waals surface area contributed by atoms with Crippen molar-refractivity contribution in [2.24, 2.45) is 0 Å². The van der Waals surface area contributed by atoms with Gasteiger partial charge in [0.2, 0.25) is 5.69 Å². The van der Waals surface area contributed by atoms with Gasteiger partial charge in [-0.15, -0.1) is 0 Å². The molecule has 1 N–H and O–H groups in total. The first-order valence-corrected chi connectivity index (χ1v) is 4.75. The van der Waals surface area contributed by atoms with E-state index in [1.54, 1.807) is 39.8 Å². The van der Waals surface area contributed by atoms with Gasteiger partial charge in [-0.25, -0.2) is 4.79 Å². The fraction of sp³-hybridized carbons (Fsp3) is 0.455. The van der Waals surface area contributed by atoms with Crippen LogP contribution in [-0.2, 0) is 4.74 Å². The normalized spacial score (nSPS) is 11.2. The second kappa shape index (κ2) is 3.88. The van der Waals surface area contributed by atoms with Gasteiger partial charge in [0.1, 0.15) is 5.60 Å². The molecule has 0 saturated carbocycles. The van der Waals surface area contributed by atoms with Crippen molar-refractivity contribution in [3.8, 4) is 0 Å². The number of aromatic nitrogens is 1. The molecular formula is C11H16NO3+. The molecule has 0 unspecified atom stereocenters. The molecule has 4 nitrogen and oxygen atoms in total. The average molecular weight is 210 g/mol. The summed E-state index contributed by atoms with van der Waals surface area (Å²) in [5.74, 6) is -0.534. The molecule has 0 amide bonds. The zero-order valence-electron chi connectivity index (χ0n) is 9.44. The number of aryl methyl sites for hydroxylation is 1. The van der Waals surface area contributed by atoms with E-state index in [9.17, 15) is 10.0 Å². The maximum atomic E-state index is 11.6. The van der Waals surface area contributed by atoms with Crippen LogP contribution >= 0.6 is 0 Å². The van der Waals surface area contributed by atoms with E-state index in [-0.39, 0.29) is 5.69 Å². The third-order valence-electron chi connectivity index (χ3n) is 1.76. The molecule has 0 atom stereocenters. The van der Waals surface area contributed by atoms with E-state index >= 15 is 0 Å². The number of nitrogens with zero attached hydrogens (tertiary/aromatic N) is 1. The van der Waals surface area contributed by atoms with Crippen LogP contribution in [-0.4, -0.2) is 16.8 Å². The van der Waals surface area contributed by atoms with Gasteiger partial charge in [0.05, 0.1) is 0 Å². The highest BCUT2D eigenvalue weighted by atomic mass is 16.6. The topological polar surface area (TPSA) is 50.4 Å². The third kappa shape index (κ3) is 2.94. The van der Waals surface area contributed by atoms with Gasteiger partial charge in [0.25, 0.3) is 0 Å². The average Bonchev–Trinajstić information content (AvgIpc) is 2.06. The van der Waals surface area contributed by atoms with E-state index in [2.05, 4.69) is 0 Å². The van der Waals surface area contributed by atoms with E-state index in [1.807, 2.05) is 0 Å². The highest BCUT2D eigenvalue weighted by molar-refractivity contribution is 5.85. The van der Waals surface area contributed by atoms with Crippen LogP contribution in [0.1, 0.15) is 37.0 Å². The highest BCUT2D eigenvalue weighted by Crippen LogP contribution is 2.09. The summed E-state index contributed by atoms with van der Waals surface area (Å²) in [5.41, 5.74) is 0.150. The van der Waals surface area contributed by atoms with Crippen molar-refractivity contribution in [2.75, 3.05) is 0 Å². The Labute approximate surface area is 89.1 Å². The zero-order valence-corrected chi connectivity index (χ0v) is 9.44. The second-order valence-electron chi connectivity index (χ2n) is 4.37. The van der Waals surface area contributed by atoms with E-state index in [0.717, 1.165) is 4.73 Å². The molecule has 1 aromatic heterocycles. The fourth-order valence-electron chi connectivity index (χ4n) is 1.09. The summed E-state index contributed by atoms with van der Waals surface area (Å²) in [6, 6.07) is 4.91. The molecule has 0 spiro atoms. The lowest BCUT2D eigenvalue weighted by Crippen LogP contribution is -2.42. The standard InChI is InChI=1S/C11H16NO3/c1-8-6-5-7-9(12(8)14)10(13)15-11(2,3)4/h5-7,14H,1-4H3/q+1. The minimum absolute atomic E-state index is 0.130. The first kappa shape index (κ1) is 11.5. The van der Waals surface area contributed by atoms with Crippen molar-refractivity contribution in [3.63, 3.8) is 0 Å². The van der Waals surface area contributed by atoms with E-state index < -0.39 is 11.6 Å². The van der Waals surface area contributed by atoms with E-state index in [4.69, 9.17) is 4.74 Å². The molecule has 0 aliphatic heterocycles. The molecular weight excluding hydrogens is 194 g/mol. The molecule has 4 heteroatoms. The molecule has 0 radical (unpaired) electrons. The largest absolute Gasteiger partial charge is 0.452 e. The summed E-state index contributed by atoms with van der Waals surface area (Å²) in [7, 11) is 0. The number of hydrogen-bond donors (Lipinski definition) is 1. The summed E-state index contributed by atoms with van der Waals surface area (Å²) in [5, 5.41) is 9.58. The molecule has 82 valence electrons. The van der Waals surface area contributed by atoms with Crippen molar-refractivity contribution in [3.05, 3.63) is 29.6 Å². The molecule has 0 aliphatic carbocycles. The van der Waals surface area contributed by atoms with Crippen LogP contribution < -0.4 is 4.73 Å². The molecule has 1 heterocycles. The lowest BCUT2D eigenvalue weighted by atomic mass is 10.2. The number of carbonyl (C=O) groups is 1. The number of ether oxygens (including phenoxy) is 1. The Morgan fingerprint density at radius 1 is 1.40 bits per heavy atom. The molecule has 0 aromatic carbocycles. The Morgan fingerprint density at radius 2 is 2.00 bits per heavy atom. The molecule has 0 fully saturated rings. The molecule has 0 saturated heterocycles. The van der Waals surface area contributed by atoms with Crippen LogP contribution in [0.15, 0.2) is 18.2 Å². The smallest absolute Gasteiger partial charge is 0.409 e. The molecule has 0 aliphatic rings. The first-order valence-electron chi connectivity index (χ1n) is 4.75. The van der Waals surface area contributed by atoms with Crippen molar-refractivity contribution in [1.82, 2.24) is 0 Å². The fourth-order valence-corrected chi connectivity index (χ4v) is 1.09. The summed E-state index contributed by atoms with van der Waals surface area (Å²) >= 11 is 0. The Balaban J connectivity index is 2.97. The van der Waals surface area contributed by atoms with Crippen LogP contribution in [0.4, 0.5) is 0 Å². The van der Waals surface area contributed by atoms with Gasteiger partial charge >= 0.3 is 11.7 Å². The van der Waals surface area contributed by atoms with Crippen molar-refractivity contribution >= 4 is 5.97 Å². The number of hydrogen-bond acceptors (Lipinski definition) is 3. The van der Waals surface area contributed by atoms with Crippen molar-refractivity contribution < 1.29 is 19.5 Å². The SMILES string of the molecule is Cc1cccc(C(=O)OC(C)(C)C)[n+]1O. The van der Waals surface area contributed by atoms with Crippen molar-refractivity contribution in [1.29, 1.82) is 0 Å². The Kier molecular flexibility index (Phi) is 2.98. The minimum atomic E-state index is -0.562. The lowest BCUT2D eigenvalue weighted by Gasteiger charge is -2.17. The monoisotopic (exact) mass is 210 g/mol. The van der Waals surface area contributed by atoms with Gasteiger partial charge in [-0.1, -0.05) is 0 Å². The molecule has 0 bridgehead atoms. The molecule has 15 heavy (non-hydrogen) atoms. The van der Waals surface area contributed by atoms with Gasteiger partial charge in [0.15, 0.2) is 0 Å². The van der Waals surface area contributed by atoms with Gasteiger partial charge in [-0.3, -0.25) is 5.21 Å². The third-order valence-corrected chi connectivity index (χ3v) is 1.76. The lowest BCUT2D eigenvalue weighted by molar-refractivity contribution is -0.910. The summed E-state index contributed by atoms with van der Waals surface area (Å²) in [6.45, 7) is 7.04. The Bertz CT molecular complexity index is 380. The van der Waals surface area contributed by atoms with Crippen molar-refractivity contribution in [2.45, 2.75) is 33.3 Å². The quantitative estimate of drug-likeness (QED) is 0.434. The Hall–Kier alpha value is -1.58. The predicted molar refractivity (Wildman–Crippen MR) is 53.7 cm³/mol. The van der Waals surface area contributed by atoms with Crippen LogP contribution in [0.3, 0.4) is 0 Å². The zero-order chi connectivity index (χ0) is 11.6. The van der Waals surface area contributed by atoms with E-state index in [0.29, 0.717) is 5.69 Å². The summed E-state index contributed by atoms with van der Waals surface area (Å²) in [4.78, 5) is 11.6. The van der Waals surface area contributed by atoms with Crippen LogP contribution in [0, 0.1) is 6.92 Å². The second-order valence-corrected chi connectivity index (χ2v) is 4.37. The van der Waals surface area contributed by atoms with Crippen LogP contribution in [0.5, 0.6) is 0 Å². The Morgan fingerprint density at radius 3 is 2.53 bits per heavy atom. The van der Waals surface area contributed by atoms with Gasteiger partial charge < -0.3 is 4.74 Å². The molecule has 1 aromatic rings. The van der Waals surface area contributed by atoms with Crippen LogP contribution in [0.25, 0.3) is 0 Å². The highest BCUT2D eigenvalue weighted by Gasteiger charge is 2.27. The number of carbonyl (C=O) groups excluding carboxylic acids is 1. The van der Waals surface area contributed by atoms with Crippen LogP contribution in [0.2, 0.25) is 0 Å².